The minimum atomic E-state index is -0.500. The number of cyclic esters (lactones) is 1. The SMILES string of the molecule is C=C1CCC2[C@](C)(CO)C(O)CC[C@]2(C)[C@H]1CC(OC)C1=CCOC1=O. The highest BCUT2D eigenvalue weighted by Crippen LogP contribution is 2.62. The number of rotatable bonds is 5. The first-order chi connectivity index (χ1) is 12.3. The van der Waals surface area contributed by atoms with Crippen molar-refractivity contribution in [1.82, 2.24) is 0 Å². The summed E-state index contributed by atoms with van der Waals surface area (Å²) < 4.78 is 10.7. The number of hydrogen-bond donors (Lipinski definition) is 2. The molecule has 0 spiro atoms. The van der Waals surface area contributed by atoms with Crippen molar-refractivity contribution >= 4 is 5.97 Å². The molecule has 2 N–H and O–H groups in total. The summed E-state index contributed by atoms with van der Waals surface area (Å²) in [5.74, 6) is 0.0966. The van der Waals surface area contributed by atoms with Crippen LogP contribution in [0.4, 0.5) is 0 Å². The van der Waals surface area contributed by atoms with Gasteiger partial charge < -0.3 is 19.7 Å². The van der Waals surface area contributed by atoms with Crippen LogP contribution in [0.3, 0.4) is 0 Å². The maximum absolute atomic E-state index is 12.0. The van der Waals surface area contributed by atoms with Gasteiger partial charge in [0.2, 0.25) is 0 Å². The Morgan fingerprint density at radius 2 is 2.15 bits per heavy atom. The molecule has 26 heavy (non-hydrogen) atoms. The summed E-state index contributed by atoms with van der Waals surface area (Å²) in [5, 5.41) is 20.7. The van der Waals surface area contributed by atoms with Crippen LogP contribution in [0.25, 0.3) is 0 Å². The van der Waals surface area contributed by atoms with E-state index in [2.05, 4.69) is 13.5 Å². The second kappa shape index (κ2) is 7.10. The van der Waals surface area contributed by atoms with Gasteiger partial charge in [-0.05, 0) is 55.4 Å². The van der Waals surface area contributed by atoms with Crippen molar-refractivity contribution in [3.63, 3.8) is 0 Å². The Labute approximate surface area is 156 Å². The third-order valence-electron chi connectivity index (χ3n) is 7.53. The topological polar surface area (TPSA) is 76.0 Å². The molecule has 146 valence electrons. The standard InChI is InChI=1S/C21H32O5/c1-13-5-6-17-20(2,9-7-18(23)21(17,3)12-22)15(13)11-16(25-4)14-8-10-26-19(14)24/h8,15-18,22-23H,1,5-7,9-12H2,2-4H3/t15-,16?,17?,18?,20+,21-/m0/s1. The lowest BCUT2D eigenvalue weighted by Crippen LogP contribution is -2.57. The van der Waals surface area contributed by atoms with Gasteiger partial charge in [0.1, 0.15) is 6.61 Å². The van der Waals surface area contributed by atoms with Crippen LogP contribution < -0.4 is 0 Å². The summed E-state index contributed by atoms with van der Waals surface area (Å²) in [6, 6.07) is 0. The molecular weight excluding hydrogens is 332 g/mol. The van der Waals surface area contributed by atoms with Crippen molar-refractivity contribution in [2.45, 2.75) is 58.2 Å². The van der Waals surface area contributed by atoms with Crippen LogP contribution >= 0.6 is 0 Å². The average Bonchev–Trinajstić information content (AvgIpc) is 3.04. The number of aliphatic hydroxyl groups excluding tert-OH is 2. The minimum absolute atomic E-state index is 0.0151. The van der Waals surface area contributed by atoms with Gasteiger partial charge >= 0.3 is 5.97 Å². The number of allylic oxidation sites excluding steroid dienone is 1. The maximum atomic E-state index is 12.0. The molecule has 2 saturated carbocycles. The van der Waals surface area contributed by atoms with Gasteiger partial charge in [-0.15, -0.1) is 0 Å². The van der Waals surface area contributed by atoms with Gasteiger partial charge in [-0.3, -0.25) is 0 Å². The van der Waals surface area contributed by atoms with Crippen LogP contribution in [-0.2, 0) is 14.3 Å². The Hall–Kier alpha value is -1.17. The molecule has 0 aromatic carbocycles. The van der Waals surface area contributed by atoms with Crippen molar-refractivity contribution in [2.24, 2.45) is 22.7 Å². The minimum Gasteiger partial charge on any atom is -0.458 e. The van der Waals surface area contributed by atoms with Gasteiger partial charge in [0.05, 0.1) is 24.4 Å². The molecular formula is C21H32O5. The average molecular weight is 364 g/mol. The number of ether oxygens (including phenoxy) is 2. The van der Waals surface area contributed by atoms with Gasteiger partial charge in [0.15, 0.2) is 0 Å². The first kappa shape index (κ1) is 19.6. The van der Waals surface area contributed by atoms with Crippen molar-refractivity contribution in [3.8, 4) is 0 Å². The molecule has 0 radical (unpaired) electrons. The molecule has 3 aliphatic rings. The normalized spacial score (nSPS) is 41.4. The highest BCUT2D eigenvalue weighted by molar-refractivity contribution is 5.91. The monoisotopic (exact) mass is 364 g/mol. The van der Waals surface area contributed by atoms with Gasteiger partial charge in [0, 0.05) is 12.5 Å². The van der Waals surface area contributed by atoms with Gasteiger partial charge in [-0.2, -0.15) is 0 Å². The third-order valence-corrected chi connectivity index (χ3v) is 7.53. The number of esters is 1. The summed E-state index contributed by atoms with van der Waals surface area (Å²) in [5.41, 5.74) is 1.22. The molecule has 5 nitrogen and oxygen atoms in total. The van der Waals surface area contributed by atoms with E-state index in [9.17, 15) is 15.0 Å². The number of methoxy groups -OCH3 is 1. The number of fused-ring (bicyclic) bond motifs is 1. The highest BCUT2D eigenvalue weighted by Gasteiger charge is 2.58. The van der Waals surface area contributed by atoms with Crippen LogP contribution in [0.15, 0.2) is 23.8 Å². The van der Waals surface area contributed by atoms with Crippen LogP contribution in [0.2, 0.25) is 0 Å². The van der Waals surface area contributed by atoms with Crippen LogP contribution in [0.5, 0.6) is 0 Å². The molecule has 3 rings (SSSR count). The second-order valence-electron chi connectivity index (χ2n) is 8.74. The molecule has 0 aromatic rings. The van der Waals surface area contributed by atoms with E-state index in [4.69, 9.17) is 9.47 Å². The molecule has 0 saturated heterocycles. The molecule has 1 aliphatic heterocycles. The Morgan fingerprint density at radius 1 is 1.42 bits per heavy atom. The van der Waals surface area contributed by atoms with Crippen molar-refractivity contribution in [3.05, 3.63) is 23.8 Å². The van der Waals surface area contributed by atoms with E-state index in [0.717, 1.165) is 19.3 Å². The molecule has 0 bridgehead atoms. The van der Waals surface area contributed by atoms with E-state index in [1.165, 1.54) is 5.57 Å². The van der Waals surface area contributed by atoms with E-state index < -0.39 is 11.5 Å². The molecule has 6 atom stereocenters. The number of carbonyl (C=O) groups excluding carboxylic acids is 1. The molecule has 1 heterocycles. The molecule has 3 unspecified atom stereocenters. The Balaban J connectivity index is 1.90. The molecule has 2 fully saturated rings. The Morgan fingerprint density at radius 3 is 2.73 bits per heavy atom. The third kappa shape index (κ3) is 2.94. The van der Waals surface area contributed by atoms with E-state index in [1.54, 1.807) is 7.11 Å². The van der Waals surface area contributed by atoms with Gasteiger partial charge in [-0.1, -0.05) is 26.0 Å². The first-order valence-corrected chi connectivity index (χ1v) is 9.64. The Kier molecular flexibility index (Phi) is 5.35. The summed E-state index contributed by atoms with van der Waals surface area (Å²) >= 11 is 0. The highest BCUT2D eigenvalue weighted by atomic mass is 16.5. The van der Waals surface area contributed by atoms with E-state index in [1.807, 2.05) is 13.0 Å². The smallest absolute Gasteiger partial charge is 0.336 e. The van der Waals surface area contributed by atoms with Crippen molar-refractivity contribution < 1.29 is 24.5 Å². The second-order valence-corrected chi connectivity index (χ2v) is 8.74. The van der Waals surface area contributed by atoms with Crippen LogP contribution in [0.1, 0.15) is 46.0 Å². The fourth-order valence-electron chi connectivity index (χ4n) is 5.84. The van der Waals surface area contributed by atoms with E-state index >= 15 is 0 Å². The predicted octanol–water partition coefficient (Wildman–Crippen LogP) is 2.62. The maximum Gasteiger partial charge on any atom is 0.336 e. The molecule has 2 aliphatic carbocycles. The quantitative estimate of drug-likeness (QED) is 0.579. The summed E-state index contributed by atoms with van der Waals surface area (Å²) in [6.07, 6.45) is 5.08. The summed E-state index contributed by atoms with van der Waals surface area (Å²) in [4.78, 5) is 12.0. The largest absolute Gasteiger partial charge is 0.458 e. The fourth-order valence-corrected chi connectivity index (χ4v) is 5.84. The lowest BCUT2D eigenvalue weighted by atomic mass is 9.46. The van der Waals surface area contributed by atoms with Crippen LogP contribution in [0, 0.1) is 22.7 Å². The van der Waals surface area contributed by atoms with Crippen molar-refractivity contribution in [1.29, 1.82) is 0 Å². The number of carbonyl (C=O) groups is 1. The zero-order valence-corrected chi connectivity index (χ0v) is 16.2. The van der Waals surface area contributed by atoms with Crippen molar-refractivity contribution in [2.75, 3.05) is 20.3 Å². The summed E-state index contributed by atoms with van der Waals surface area (Å²) in [7, 11) is 1.63. The first-order valence-electron chi connectivity index (χ1n) is 9.64. The Bertz CT molecular complexity index is 612. The zero-order valence-electron chi connectivity index (χ0n) is 16.2. The molecule has 0 amide bonds. The zero-order chi connectivity index (χ0) is 19.1. The lowest BCUT2D eigenvalue weighted by Gasteiger charge is -2.60. The fraction of sp³-hybridized carbons (Fsp3) is 0.762. The van der Waals surface area contributed by atoms with E-state index in [0.29, 0.717) is 25.0 Å². The number of aliphatic hydroxyl groups is 2. The number of hydrogen-bond acceptors (Lipinski definition) is 5. The van der Waals surface area contributed by atoms with Gasteiger partial charge in [-0.25, -0.2) is 4.79 Å². The van der Waals surface area contributed by atoms with Crippen LogP contribution in [-0.4, -0.2) is 48.7 Å². The lowest BCUT2D eigenvalue weighted by molar-refractivity contribution is -0.155. The van der Waals surface area contributed by atoms with E-state index in [-0.39, 0.29) is 35.9 Å². The van der Waals surface area contributed by atoms with Gasteiger partial charge in [0.25, 0.3) is 0 Å². The molecule has 5 heteroatoms. The molecule has 0 aromatic heterocycles. The summed E-state index contributed by atoms with van der Waals surface area (Å²) in [6.45, 7) is 8.91. The predicted molar refractivity (Wildman–Crippen MR) is 98.4 cm³/mol.